The van der Waals surface area contributed by atoms with Crippen LogP contribution in [0.4, 0.5) is 18.9 Å². The van der Waals surface area contributed by atoms with Gasteiger partial charge >= 0.3 is 6.18 Å². The first kappa shape index (κ1) is 28.0. The molecule has 1 aromatic heterocycles. The molecule has 2 N–H and O–H groups in total. The van der Waals surface area contributed by atoms with Crippen LogP contribution >= 0.6 is 0 Å². The highest BCUT2D eigenvalue weighted by Crippen LogP contribution is 2.33. The van der Waals surface area contributed by atoms with Crippen LogP contribution in [0.2, 0.25) is 0 Å². The number of rotatable bonds is 7. The molecule has 7 nitrogen and oxygen atoms in total. The monoisotopic (exact) mass is 522 g/mol. The van der Waals surface area contributed by atoms with Crippen LogP contribution in [0.3, 0.4) is 0 Å². The van der Waals surface area contributed by atoms with Crippen LogP contribution in [0.1, 0.15) is 27.2 Å². The third-order valence-electron chi connectivity index (χ3n) is 4.92. The first-order valence-corrected chi connectivity index (χ1v) is 11.3. The molecule has 0 aliphatic heterocycles. The van der Waals surface area contributed by atoms with Crippen LogP contribution in [-0.2, 0) is 11.0 Å². The molecule has 2 amide bonds. The van der Waals surface area contributed by atoms with Crippen molar-refractivity contribution in [1.29, 1.82) is 0 Å². The molecule has 0 bridgehead atoms. The van der Waals surface area contributed by atoms with Crippen molar-refractivity contribution in [2.75, 3.05) is 33.0 Å². The fourth-order valence-electron chi connectivity index (χ4n) is 3.16. The fraction of sp³-hybridized carbons (Fsp3) is 0.179. The first-order valence-electron chi connectivity index (χ1n) is 11.3. The summed E-state index contributed by atoms with van der Waals surface area (Å²) in [7, 11) is 5.02. The van der Waals surface area contributed by atoms with E-state index in [0.717, 1.165) is 6.07 Å². The van der Waals surface area contributed by atoms with E-state index in [4.69, 9.17) is 4.74 Å². The molecule has 196 valence electrons. The van der Waals surface area contributed by atoms with Gasteiger partial charge in [0, 0.05) is 36.6 Å². The number of anilines is 1. The third kappa shape index (κ3) is 8.21. The van der Waals surface area contributed by atoms with E-state index in [1.165, 1.54) is 43.6 Å². The average Bonchev–Trinajstić information content (AvgIpc) is 2.87. The zero-order valence-electron chi connectivity index (χ0n) is 20.9. The number of nitrogens with one attached hydrogen (secondary N) is 2. The largest absolute Gasteiger partial charge is 0.457 e. The van der Waals surface area contributed by atoms with Crippen molar-refractivity contribution in [3.63, 3.8) is 0 Å². The van der Waals surface area contributed by atoms with E-state index in [9.17, 15) is 22.8 Å². The van der Waals surface area contributed by atoms with Gasteiger partial charge in [-0.2, -0.15) is 13.2 Å². The predicted octanol–water partition coefficient (Wildman–Crippen LogP) is 4.82. The van der Waals surface area contributed by atoms with Crippen LogP contribution in [0, 0.1) is 11.8 Å². The van der Waals surface area contributed by atoms with Crippen LogP contribution < -0.4 is 15.4 Å². The molecular weight excluding hydrogens is 497 g/mol. The molecule has 0 saturated heterocycles. The first-order chi connectivity index (χ1) is 18.0. The lowest BCUT2D eigenvalue weighted by molar-refractivity contribution is -0.137. The Morgan fingerprint density at radius 1 is 1.08 bits per heavy atom. The molecule has 3 rings (SSSR count). The summed E-state index contributed by atoms with van der Waals surface area (Å²) in [5.41, 5.74) is -0.292. The smallest absolute Gasteiger partial charge is 0.417 e. The molecule has 0 unspecified atom stereocenters. The maximum Gasteiger partial charge on any atom is 0.417 e. The van der Waals surface area contributed by atoms with Gasteiger partial charge in [-0.05, 0) is 62.1 Å². The summed E-state index contributed by atoms with van der Waals surface area (Å²) in [5, 5.41) is 4.93. The van der Waals surface area contributed by atoms with Crippen LogP contribution in [0.25, 0.3) is 6.08 Å². The van der Waals surface area contributed by atoms with Crippen molar-refractivity contribution in [2.24, 2.45) is 0 Å². The number of ether oxygens (including phenoxy) is 1. The van der Waals surface area contributed by atoms with Crippen molar-refractivity contribution in [1.82, 2.24) is 15.2 Å². The van der Waals surface area contributed by atoms with Crippen molar-refractivity contribution >= 4 is 23.6 Å². The molecule has 10 heteroatoms. The molecule has 3 aromatic rings. The molecule has 0 aliphatic rings. The normalized spacial score (nSPS) is 11.1. The van der Waals surface area contributed by atoms with Gasteiger partial charge in [-0.1, -0.05) is 24.0 Å². The summed E-state index contributed by atoms with van der Waals surface area (Å²) in [6, 6.07) is 13.3. The highest BCUT2D eigenvalue weighted by atomic mass is 19.4. The van der Waals surface area contributed by atoms with Gasteiger partial charge < -0.3 is 15.4 Å². The van der Waals surface area contributed by atoms with Crippen molar-refractivity contribution in [3.8, 4) is 23.3 Å². The van der Waals surface area contributed by atoms with Gasteiger partial charge in [-0.3, -0.25) is 19.5 Å². The summed E-state index contributed by atoms with van der Waals surface area (Å²) < 4.78 is 46.4. The second-order valence-electron chi connectivity index (χ2n) is 8.25. The number of alkyl halides is 3. The molecule has 1 heterocycles. The predicted molar refractivity (Wildman–Crippen MR) is 139 cm³/mol. The Hall–Kier alpha value is -4.62. The van der Waals surface area contributed by atoms with Crippen LogP contribution in [-0.4, -0.2) is 49.4 Å². The van der Waals surface area contributed by atoms with Gasteiger partial charge in [0.2, 0.25) is 5.91 Å². The highest BCUT2D eigenvalue weighted by molar-refractivity contribution is 6.02. The highest BCUT2D eigenvalue weighted by Gasteiger charge is 2.33. The van der Waals surface area contributed by atoms with Gasteiger partial charge in [0.15, 0.2) is 0 Å². The maximum atomic E-state index is 13.6. The number of carbonyl (C=O) groups is 2. The summed E-state index contributed by atoms with van der Waals surface area (Å²) in [6.45, 7) is 0.312. The Kier molecular flexibility index (Phi) is 9.24. The minimum atomic E-state index is -4.63. The number of hydrogen-bond acceptors (Lipinski definition) is 5. The Labute approximate surface area is 218 Å². The number of hydrogen-bond donors (Lipinski definition) is 2. The number of amides is 2. The number of nitrogens with zero attached hydrogens (tertiary/aromatic N) is 2. The van der Waals surface area contributed by atoms with Crippen LogP contribution in [0.5, 0.6) is 11.5 Å². The molecule has 0 radical (unpaired) electrons. The molecule has 0 spiro atoms. The van der Waals surface area contributed by atoms with Gasteiger partial charge in [-0.25, -0.2) is 0 Å². The van der Waals surface area contributed by atoms with Crippen molar-refractivity contribution in [3.05, 3.63) is 89.3 Å². The minimum Gasteiger partial charge on any atom is -0.457 e. The summed E-state index contributed by atoms with van der Waals surface area (Å²) in [6.07, 6.45) is -0.486. The van der Waals surface area contributed by atoms with E-state index < -0.39 is 17.6 Å². The Morgan fingerprint density at radius 2 is 1.84 bits per heavy atom. The van der Waals surface area contributed by atoms with E-state index in [2.05, 4.69) is 27.5 Å². The number of halogens is 3. The SMILES string of the molecule is CNC(=O)c1cc(Oc2cccc(/C=C/C(=O)Nc3ccc(C#CCN(C)C)c(C(F)(F)F)c3)c2)ccn1. The average molecular weight is 523 g/mol. The molecule has 2 aromatic carbocycles. The third-order valence-corrected chi connectivity index (χ3v) is 4.92. The number of pyridine rings is 1. The number of aromatic nitrogens is 1. The zero-order valence-corrected chi connectivity index (χ0v) is 20.9. The standard InChI is InChI=1S/C28H25F3N4O3/c1-32-27(37)25-18-23(13-14-33-25)38-22-8-4-6-19(16-22)9-12-26(36)34-21-11-10-20(7-5-15-35(2)3)24(17-21)28(29,30)31/h4,6,8-14,16-18H,15H2,1-3H3,(H,32,37)(H,34,36)/b12-9+. The van der Waals surface area contributed by atoms with Gasteiger partial charge in [0.1, 0.15) is 17.2 Å². The quantitative estimate of drug-likeness (QED) is 0.344. The molecule has 0 fully saturated rings. The lowest BCUT2D eigenvalue weighted by Crippen LogP contribution is -2.18. The molecular formula is C28H25F3N4O3. The van der Waals surface area contributed by atoms with Crippen molar-refractivity contribution < 1.29 is 27.5 Å². The topological polar surface area (TPSA) is 83.6 Å². The Balaban J connectivity index is 1.70. The Morgan fingerprint density at radius 3 is 2.55 bits per heavy atom. The maximum absolute atomic E-state index is 13.6. The lowest BCUT2D eigenvalue weighted by atomic mass is 10.1. The van der Waals surface area contributed by atoms with E-state index in [-0.39, 0.29) is 22.9 Å². The number of benzene rings is 2. The van der Waals surface area contributed by atoms with E-state index in [1.54, 1.807) is 49.3 Å². The minimum absolute atomic E-state index is 0.00757. The zero-order chi connectivity index (χ0) is 27.7. The lowest BCUT2D eigenvalue weighted by Gasteiger charge is -2.12. The van der Waals surface area contributed by atoms with E-state index in [0.29, 0.717) is 23.6 Å². The second kappa shape index (κ2) is 12.6. The fourth-order valence-corrected chi connectivity index (χ4v) is 3.16. The Bertz CT molecular complexity index is 1410. The summed E-state index contributed by atoms with van der Waals surface area (Å²) in [5.74, 6) is 5.11. The van der Waals surface area contributed by atoms with Crippen molar-refractivity contribution in [2.45, 2.75) is 6.18 Å². The molecule has 38 heavy (non-hydrogen) atoms. The van der Waals surface area contributed by atoms with Gasteiger partial charge in [-0.15, -0.1) is 0 Å². The second-order valence-corrected chi connectivity index (χ2v) is 8.25. The van der Waals surface area contributed by atoms with E-state index in [1.807, 2.05) is 0 Å². The summed E-state index contributed by atoms with van der Waals surface area (Å²) >= 11 is 0. The van der Waals surface area contributed by atoms with Crippen LogP contribution in [0.15, 0.2) is 66.9 Å². The number of carbonyl (C=O) groups excluding carboxylic acids is 2. The molecule has 0 aliphatic carbocycles. The van der Waals surface area contributed by atoms with Gasteiger partial charge in [0.25, 0.3) is 5.91 Å². The van der Waals surface area contributed by atoms with E-state index >= 15 is 0 Å². The molecule has 0 saturated carbocycles. The molecule has 0 atom stereocenters. The summed E-state index contributed by atoms with van der Waals surface area (Å²) in [4.78, 5) is 29.9. The van der Waals surface area contributed by atoms with Gasteiger partial charge in [0.05, 0.1) is 12.1 Å².